The molecule has 1 aliphatic rings. The molecule has 7 nitrogen and oxygen atoms in total. The van der Waals surface area contributed by atoms with Gasteiger partial charge in [0.15, 0.2) is 0 Å². The summed E-state index contributed by atoms with van der Waals surface area (Å²) in [4.78, 5) is 13.6. The summed E-state index contributed by atoms with van der Waals surface area (Å²) in [7, 11) is -4.60. The molecular weight excluding hydrogens is 325 g/mol. The van der Waals surface area contributed by atoms with E-state index in [9.17, 15) is 17.1 Å². The predicted octanol–water partition coefficient (Wildman–Crippen LogP) is 1.49. The van der Waals surface area contributed by atoms with Gasteiger partial charge in [-0.15, -0.1) is 3.89 Å². The topological polar surface area (TPSA) is 85.4 Å². The molecule has 0 saturated carbocycles. The van der Waals surface area contributed by atoms with Crippen molar-refractivity contribution in [3.63, 3.8) is 0 Å². The van der Waals surface area contributed by atoms with Gasteiger partial charge in [0.25, 0.3) is 0 Å². The molecule has 1 fully saturated rings. The first-order chi connectivity index (χ1) is 10.8. The predicted molar refractivity (Wildman–Crippen MR) is 80.1 cm³/mol. The van der Waals surface area contributed by atoms with Crippen LogP contribution in [0.15, 0.2) is 28.8 Å². The Kier molecular flexibility index (Phi) is 3.97. The van der Waals surface area contributed by atoms with Gasteiger partial charge in [0.2, 0.25) is 5.91 Å². The van der Waals surface area contributed by atoms with Crippen molar-refractivity contribution < 1.29 is 21.5 Å². The summed E-state index contributed by atoms with van der Waals surface area (Å²) in [5.74, 6) is 0.590. The van der Waals surface area contributed by atoms with Crippen molar-refractivity contribution in [2.75, 3.05) is 17.2 Å². The van der Waals surface area contributed by atoms with Crippen molar-refractivity contribution in [2.24, 2.45) is 5.92 Å². The second kappa shape index (κ2) is 5.80. The number of furan rings is 1. The van der Waals surface area contributed by atoms with E-state index in [0.717, 1.165) is 5.76 Å². The van der Waals surface area contributed by atoms with E-state index in [-0.39, 0.29) is 18.9 Å². The molecule has 0 radical (unpaired) electrons. The highest BCUT2D eigenvalue weighted by Gasteiger charge is 2.35. The molecule has 1 unspecified atom stereocenters. The third kappa shape index (κ3) is 3.61. The van der Waals surface area contributed by atoms with Gasteiger partial charge in [-0.05, 0) is 19.1 Å². The maximum Gasteiger partial charge on any atom is 0.302 e. The van der Waals surface area contributed by atoms with Crippen LogP contribution in [0.4, 0.5) is 9.70 Å². The molecule has 1 amide bonds. The molecule has 1 saturated heterocycles. The van der Waals surface area contributed by atoms with Crippen molar-refractivity contribution in [3.05, 3.63) is 35.9 Å². The van der Waals surface area contributed by atoms with E-state index >= 15 is 0 Å². The van der Waals surface area contributed by atoms with Gasteiger partial charge < -0.3 is 4.42 Å². The van der Waals surface area contributed by atoms with Gasteiger partial charge in [0, 0.05) is 24.9 Å². The summed E-state index contributed by atoms with van der Waals surface area (Å²) in [5.41, 5.74) is 0. The van der Waals surface area contributed by atoms with E-state index in [1.807, 2.05) is 19.1 Å². The van der Waals surface area contributed by atoms with Crippen LogP contribution >= 0.6 is 0 Å². The largest absolute Gasteiger partial charge is 0.464 e. The van der Waals surface area contributed by atoms with Crippen molar-refractivity contribution in [3.8, 4) is 0 Å². The van der Waals surface area contributed by atoms with E-state index in [2.05, 4.69) is 5.10 Å². The normalized spacial score (nSPS) is 18.8. The van der Waals surface area contributed by atoms with Gasteiger partial charge in [-0.2, -0.15) is 13.5 Å². The lowest BCUT2D eigenvalue weighted by molar-refractivity contribution is -0.117. The van der Waals surface area contributed by atoms with Crippen LogP contribution in [0.1, 0.15) is 17.9 Å². The number of rotatable bonds is 5. The van der Waals surface area contributed by atoms with Crippen LogP contribution in [-0.4, -0.2) is 36.4 Å². The number of halogens is 1. The Bertz CT molecular complexity index is 827. The quantitative estimate of drug-likeness (QED) is 0.769. The van der Waals surface area contributed by atoms with Gasteiger partial charge in [-0.25, -0.2) is 4.68 Å². The van der Waals surface area contributed by atoms with Crippen LogP contribution in [0.5, 0.6) is 0 Å². The van der Waals surface area contributed by atoms with E-state index in [1.54, 1.807) is 16.9 Å². The summed E-state index contributed by atoms with van der Waals surface area (Å²) in [6.45, 7) is 2.34. The lowest BCUT2D eigenvalue weighted by atomic mass is 10.1. The fourth-order valence-corrected chi connectivity index (χ4v) is 3.58. The van der Waals surface area contributed by atoms with Crippen LogP contribution in [0, 0.1) is 12.8 Å². The number of hydrogen-bond acceptors (Lipinski definition) is 5. The molecule has 0 spiro atoms. The summed E-state index contributed by atoms with van der Waals surface area (Å²) in [5, 5.41) is 4.17. The minimum absolute atomic E-state index is 0.00813. The summed E-state index contributed by atoms with van der Waals surface area (Å²) in [6, 6.07) is 5.33. The Hall–Kier alpha value is -2.16. The van der Waals surface area contributed by atoms with E-state index < -0.39 is 21.9 Å². The smallest absolute Gasteiger partial charge is 0.302 e. The number of carbonyl (C=O) groups excluding carboxylic acids is 1. The zero-order valence-electron chi connectivity index (χ0n) is 12.5. The minimum Gasteiger partial charge on any atom is -0.464 e. The Morgan fingerprint density at radius 3 is 2.83 bits per heavy atom. The summed E-state index contributed by atoms with van der Waals surface area (Å²) < 4.78 is 41.5. The third-order valence-electron chi connectivity index (χ3n) is 3.71. The molecule has 3 heterocycles. The fraction of sp³-hybridized carbons (Fsp3) is 0.429. The molecule has 2 aromatic rings. The monoisotopic (exact) mass is 341 g/mol. The first-order valence-corrected chi connectivity index (χ1v) is 8.67. The lowest BCUT2D eigenvalue weighted by Gasteiger charge is -2.17. The van der Waals surface area contributed by atoms with Crippen molar-refractivity contribution in [1.29, 1.82) is 0 Å². The molecule has 2 aromatic heterocycles. The molecule has 1 aliphatic heterocycles. The highest BCUT2D eigenvalue weighted by Crippen LogP contribution is 2.26. The molecular formula is C14H16FN3O4S. The first kappa shape index (κ1) is 15.7. The highest BCUT2D eigenvalue weighted by atomic mass is 32.3. The van der Waals surface area contributed by atoms with Crippen molar-refractivity contribution in [1.82, 2.24) is 9.78 Å². The van der Waals surface area contributed by atoms with Crippen LogP contribution in [0.3, 0.4) is 0 Å². The van der Waals surface area contributed by atoms with Gasteiger partial charge >= 0.3 is 10.2 Å². The van der Waals surface area contributed by atoms with Gasteiger partial charge in [0.1, 0.15) is 23.9 Å². The summed E-state index contributed by atoms with van der Waals surface area (Å²) in [6.07, 6.45) is 1.56. The molecule has 124 valence electrons. The first-order valence-electron chi connectivity index (χ1n) is 7.11. The maximum absolute atomic E-state index is 12.8. The number of aromatic nitrogens is 2. The summed E-state index contributed by atoms with van der Waals surface area (Å²) >= 11 is 0. The number of amides is 1. The number of aryl methyl sites for hydroxylation is 1. The highest BCUT2D eigenvalue weighted by molar-refractivity contribution is 7.86. The number of carbonyl (C=O) groups is 1. The molecule has 23 heavy (non-hydrogen) atoms. The van der Waals surface area contributed by atoms with Crippen molar-refractivity contribution in [2.45, 2.75) is 19.9 Å². The molecule has 0 aromatic carbocycles. The average molecular weight is 341 g/mol. The van der Waals surface area contributed by atoms with E-state index in [1.165, 1.54) is 4.90 Å². The molecule has 0 N–H and O–H groups in total. The standard InChI is InChI=1S/C14H16FN3O4S/c1-10-2-3-12(22-10)8-18-13(4-5-16-18)17-7-11(6-14(17)19)9-23(15,20)21/h2-5,11H,6-9H2,1H3. The third-order valence-corrected chi connectivity index (χ3v) is 4.58. The van der Waals surface area contributed by atoms with E-state index in [0.29, 0.717) is 18.1 Å². The van der Waals surface area contributed by atoms with E-state index in [4.69, 9.17) is 4.42 Å². The lowest BCUT2D eigenvalue weighted by Crippen LogP contribution is -2.28. The second-order valence-electron chi connectivity index (χ2n) is 5.64. The Labute approximate surface area is 132 Å². The van der Waals surface area contributed by atoms with Crippen LogP contribution in [0.25, 0.3) is 0 Å². The number of hydrogen-bond donors (Lipinski definition) is 0. The fourth-order valence-electron chi connectivity index (χ4n) is 2.79. The van der Waals surface area contributed by atoms with Crippen LogP contribution in [0.2, 0.25) is 0 Å². The van der Waals surface area contributed by atoms with Crippen LogP contribution in [-0.2, 0) is 21.6 Å². The minimum atomic E-state index is -4.60. The Balaban J connectivity index is 1.77. The van der Waals surface area contributed by atoms with Crippen LogP contribution < -0.4 is 4.90 Å². The Morgan fingerprint density at radius 1 is 1.39 bits per heavy atom. The molecule has 9 heteroatoms. The maximum atomic E-state index is 12.8. The van der Waals surface area contributed by atoms with Gasteiger partial charge in [-0.3, -0.25) is 9.69 Å². The SMILES string of the molecule is Cc1ccc(Cn2nccc2N2CC(CS(=O)(=O)F)CC2=O)o1. The zero-order valence-corrected chi connectivity index (χ0v) is 13.3. The number of nitrogens with zero attached hydrogens (tertiary/aromatic N) is 3. The number of anilines is 1. The molecule has 1 atom stereocenters. The second-order valence-corrected chi connectivity index (χ2v) is 7.05. The molecule has 0 aliphatic carbocycles. The molecule has 3 rings (SSSR count). The average Bonchev–Trinajstić information content (AvgIpc) is 3.10. The van der Waals surface area contributed by atoms with Gasteiger partial charge in [0.05, 0.1) is 11.9 Å². The zero-order chi connectivity index (χ0) is 16.6. The van der Waals surface area contributed by atoms with Gasteiger partial charge in [-0.1, -0.05) is 0 Å². The molecule has 0 bridgehead atoms. The van der Waals surface area contributed by atoms with Crippen molar-refractivity contribution >= 4 is 21.9 Å². The Morgan fingerprint density at radius 2 is 2.17 bits per heavy atom.